The Morgan fingerprint density at radius 1 is 1.30 bits per heavy atom. The van der Waals surface area contributed by atoms with Gasteiger partial charge in [-0.15, -0.1) is 0 Å². The van der Waals surface area contributed by atoms with Crippen LogP contribution in [0.3, 0.4) is 0 Å². The third-order valence-electron chi connectivity index (χ3n) is 2.35. The molecule has 0 fully saturated rings. The Bertz CT molecular complexity index is 605. The van der Waals surface area contributed by atoms with Gasteiger partial charge in [0, 0.05) is 5.02 Å². The van der Waals surface area contributed by atoms with Crippen LogP contribution in [0.2, 0.25) is 10.2 Å². The Morgan fingerprint density at radius 3 is 2.75 bits per heavy atom. The highest BCUT2D eigenvalue weighted by Crippen LogP contribution is 2.18. The van der Waals surface area contributed by atoms with Gasteiger partial charge in [-0.25, -0.2) is 9.97 Å². The van der Waals surface area contributed by atoms with Crippen molar-refractivity contribution in [1.82, 2.24) is 9.97 Å². The van der Waals surface area contributed by atoms with Gasteiger partial charge < -0.3 is 10.1 Å². The van der Waals surface area contributed by atoms with Gasteiger partial charge in [0.15, 0.2) is 11.9 Å². The predicted molar refractivity (Wildman–Crippen MR) is 77.2 cm³/mol. The Hall–Kier alpha value is -1.85. The molecule has 1 N–H and O–H groups in total. The van der Waals surface area contributed by atoms with Crippen molar-refractivity contribution in [3.05, 3.63) is 46.8 Å². The van der Waals surface area contributed by atoms with E-state index in [0.29, 0.717) is 16.6 Å². The number of rotatable bonds is 4. The molecule has 0 saturated heterocycles. The maximum atomic E-state index is 11.9. The van der Waals surface area contributed by atoms with E-state index < -0.39 is 6.10 Å². The first-order valence-corrected chi connectivity index (χ1v) is 6.51. The fraction of sp³-hybridized carbons (Fsp3) is 0.154. The van der Waals surface area contributed by atoms with Gasteiger partial charge in [0.05, 0.1) is 12.4 Å². The zero-order valence-electron chi connectivity index (χ0n) is 10.5. The van der Waals surface area contributed by atoms with Crippen molar-refractivity contribution in [1.29, 1.82) is 0 Å². The number of carbonyl (C=O) groups is 1. The normalized spacial score (nSPS) is 11.8. The molecule has 0 aliphatic rings. The lowest BCUT2D eigenvalue weighted by Crippen LogP contribution is -2.30. The van der Waals surface area contributed by atoms with E-state index >= 15 is 0 Å². The number of halogens is 2. The van der Waals surface area contributed by atoms with Crippen LogP contribution in [-0.4, -0.2) is 22.0 Å². The molecule has 104 valence electrons. The Balaban J connectivity index is 1.96. The summed E-state index contributed by atoms with van der Waals surface area (Å²) in [5.41, 5.74) is 0. The van der Waals surface area contributed by atoms with Crippen LogP contribution in [0, 0.1) is 0 Å². The predicted octanol–water partition coefficient (Wildman–Crippen LogP) is 3.19. The summed E-state index contributed by atoms with van der Waals surface area (Å²) in [5, 5.41) is 3.37. The van der Waals surface area contributed by atoms with Crippen molar-refractivity contribution in [3.8, 4) is 5.75 Å². The van der Waals surface area contributed by atoms with Crippen molar-refractivity contribution in [2.45, 2.75) is 13.0 Å². The minimum absolute atomic E-state index is 0.256. The molecule has 0 aliphatic heterocycles. The van der Waals surface area contributed by atoms with Gasteiger partial charge in [-0.05, 0) is 25.1 Å². The van der Waals surface area contributed by atoms with Gasteiger partial charge in [0.2, 0.25) is 0 Å². The number of nitrogens with zero attached hydrogens (tertiary/aromatic N) is 2. The van der Waals surface area contributed by atoms with Gasteiger partial charge >= 0.3 is 0 Å². The zero-order chi connectivity index (χ0) is 14.5. The molecule has 2 rings (SSSR count). The van der Waals surface area contributed by atoms with E-state index in [1.54, 1.807) is 31.2 Å². The van der Waals surface area contributed by atoms with Crippen LogP contribution < -0.4 is 10.1 Å². The number of nitrogens with one attached hydrogen (secondary N) is 1. The van der Waals surface area contributed by atoms with Gasteiger partial charge in [-0.2, -0.15) is 0 Å². The highest BCUT2D eigenvalue weighted by molar-refractivity contribution is 6.30. The molecule has 7 heteroatoms. The molecule has 5 nitrogen and oxygen atoms in total. The average Bonchev–Trinajstić information content (AvgIpc) is 2.41. The molecule has 1 amide bonds. The summed E-state index contributed by atoms with van der Waals surface area (Å²) < 4.78 is 5.48. The first-order chi connectivity index (χ1) is 9.54. The van der Waals surface area contributed by atoms with Gasteiger partial charge in [-0.3, -0.25) is 4.79 Å². The first-order valence-electron chi connectivity index (χ1n) is 5.75. The van der Waals surface area contributed by atoms with E-state index in [1.165, 1.54) is 12.4 Å². The molecule has 1 unspecified atom stereocenters. The minimum Gasteiger partial charge on any atom is -0.481 e. The molecular weight excluding hydrogens is 301 g/mol. The van der Waals surface area contributed by atoms with Crippen molar-refractivity contribution in [2.24, 2.45) is 0 Å². The first kappa shape index (κ1) is 14.6. The molecule has 0 saturated carbocycles. The van der Waals surface area contributed by atoms with Crippen LogP contribution in [0.1, 0.15) is 6.92 Å². The van der Waals surface area contributed by atoms with Crippen LogP contribution in [0.25, 0.3) is 0 Å². The molecule has 20 heavy (non-hydrogen) atoms. The van der Waals surface area contributed by atoms with Crippen molar-refractivity contribution >= 4 is 34.9 Å². The van der Waals surface area contributed by atoms with E-state index in [4.69, 9.17) is 27.9 Å². The second-order valence-corrected chi connectivity index (χ2v) is 4.75. The van der Waals surface area contributed by atoms with Gasteiger partial charge in [0.25, 0.3) is 5.91 Å². The smallest absolute Gasteiger partial charge is 0.266 e. The van der Waals surface area contributed by atoms with Crippen LogP contribution in [0.15, 0.2) is 36.7 Å². The summed E-state index contributed by atoms with van der Waals surface area (Å²) >= 11 is 11.5. The number of hydrogen-bond acceptors (Lipinski definition) is 4. The molecule has 1 aromatic carbocycles. The third kappa shape index (κ3) is 4.08. The van der Waals surface area contributed by atoms with Crippen LogP contribution in [0.4, 0.5) is 5.82 Å². The number of carbonyl (C=O) groups excluding carboxylic acids is 1. The highest BCUT2D eigenvalue weighted by Gasteiger charge is 2.15. The fourth-order valence-electron chi connectivity index (χ4n) is 1.40. The quantitative estimate of drug-likeness (QED) is 0.941. The second-order valence-electron chi connectivity index (χ2n) is 3.93. The van der Waals surface area contributed by atoms with Gasteiger partial charge in [0.1, 0.15) is 10.9 Å². The minimum atomic E-state index is -0.703. The van der Waals surface area contributed by atoms with Crippen LogP contribution in [0.5, 0.6) is 5.75 Å². The van der Waals surface area contributed by atoms with E-state index in [9.17, 15) is 4.79 Å². The molecule has 1 atom stereocenters. The maximum Gasteiger partial charge on any atom is 0.266 e. The third-order valence-corrected chi connectivity index (χ3v) is 2.78. The maximum absolute atomic E-state index is 11.9. The summed E-state index contributed by atoms with van der Waals surface area (Å²) in [7, 11) is 0. The molecule has 0 radical (unpaired) electrons. The number of benzene rings is 1. The summed E-state index contributed by atoms with van der Waals surface area (Å²) in [6, 6.07) is 6.82. The molecule has 1 aromatic heterocycles. The van der Waals surface area contributed by atoms with Gasteiger partial charge in [-0.1, -0.05) is 29.3 Å². The topological polar surface area (TPSA) is 64.1 Å². The fourth-order valence-corrected chi connectivity index (χ4v) is 1.68. The molecule has 0 spiro atoms. The highest BCUT2D eigenvalue weighted by atomic mass is 35.5. The lowest BCUT2D eigenvalue weighted by molar-refractivity contribution is -0.122. The van der Waals surface area contributed by atoms with E-state index in [-0.39, 0.29) is 11.1 Å². The number of aromatic nitrogens is 2. The lowest BCUT2D eigenvalue weighted by Gasteiger charge is -2.14. The number of ether oxygens (including phenoxy) is 1. The summed E-state index contributed by atoms with van der Waals surface area (Å²) in [5.74, 6) is 0.477. The van der Waals surface area contributed by atoms with E-state index in [1.807, 2.05) is 0 Å². The standard InChI is InChI=1S/C13H11Cl2N3O2/c1-8(20-10-4-2-3-9(14)5-10)13(19)18-12-7-16-11(15)6-17-12/h2-8H,1H3,(H,17,18,19). The molecule has 2 aromatic rings. The monoisotopic (exact) mass is 311 g/mol. The van der Waals surface area contributed by atoms with Crippen molar-refractivity contribution in [2.75, 3.05) is 5.32 Å². The second kappa shape index (κ2) is 6.54. The summed E-state index contributed by atoms with van der Waals surface area (Å²) in [6.45, 7) is 1.62. The van der Waals surface area contributed by atoms with E-state index in [2.05, 4.69) is 15.3 Å². The number of hydrogen-bond donors (Lipinski definition) is 1. The Kier molecular flexibility index (Phi) is 4.76. The van der Waals surface area contributed by atoms with Crippen molar-refractivity contribution in [3.63, 3.8) is 0 Å². The zero-order valence-corrected chi connectivity index (χ0v) is 12.0. The molecule has 1 heterocycles. The Morgan fingerprint density at radius 2 is 2.10 bits per heavy atom. The van der Waals surface area contributed by atoms with E-state index in [0.717, 1.165) is 0 Å². The summed E-state index contributed by atoms with van der Waals surface area (Å²) in [4.78, 5) is 19.7. The molecule has 0 bridgehead atoms. The molecule has 0 aliphatic carbocycles. The summed E-state index contributed by atoms with van der Waals surface area (Å²) in [6.07, 6.45) is 2.01. The number of anilines is 1. The van der Waals surface area contributed by atoms with Crippen LogP contribution in [-0.2, 0) is 4.79 Å². The lowest BCUT2D eigenvalue weighted by atomic mass is 10.3. The number of amides is 1. The van der Waals surface area contributed by atoms with Crippen molar-refractivity contribution < 1.29 is 9.53 Å². The average molecular weight is 312 g/mol. The largest absolute Gasteiger partial charge is 0.481 e. The molecular formula is C13H11Cl2N3O2. The van der Waals surface area contributed by atoms with Crippen LogP contribution >= 0.6 is 23.2 Å². The SMILES string of the molecule is CC(Oc1cccc(Cl)c1)C(=O)Nc1cnc(Cl)cn1. The Labute approximate surface area is 125 Å².